The molecule has 5 rings (SSSR count). The molecule has 2 heterocycles. The number of anilines is 2. The van der Waals surface area contributed by atoms with Crippen LogP contribution in [0.5, 0.6) is 0 Å². The lowest BCUT2D eigenvalue weighted by atomic mass is 9.97. The highest BCUT2D eigenvalue weighted by Gasteiger charge is 2.35. The lowest BCUT2D eigenvalue weighted by Crippen LogP contribution is -2.50. The quantitative estimate of drug-likeness (QED) is 0.533. The van der Waals surface area contributed by atoms with Crippen molar-refractivity contribution in [3.63, 3.8) is 0 Å². The molecule has 0 radical (unpaired) electrons. The number of amides is 1. The van der Waals surface area contributed by atoms with Crippen LogP contribution in [0.25, 0.3) is 0 Å². The minimum absolute atomic E-state index is 0.0115. The zero-order valence-corrected chi connectivity index (χ0v) is 19.4. The van der Waals surface area contributed by atoms with Crippen molar-refractivity contribution < 1.29 is 4.79 Å². The monoisotopic (exact) mass is 453 g/mol. The van der Waals surface area contributed by atoms with Gasteiger partial charge in [0, 0.05) is 36.6 Å². The summed E-state index contributed by atoms with van der Waals surface area (Å²) in [4.78, 5) is 23.0. The summed E-state index contributed by atoms with van der Waals surface area (Å²) in [6, 6.07) is 26.0. The summed E-state index contributed by atoms with van der Waals surface area (Å²) in [7, 11) is 0. The molecule has 1 amide bonds. The van der Waals surface area contributed by atoms with Gasteiger partial charge in [-0.2, -0.15) is 0 Å². The third-order valence-corrected chi connectivity index (χ3v) is 6.56. The van der Waals surface area contributed by atoms with Gasteiger partial charge >= 0.3 is 0 Å². The number of guanidine groups is 1. The number of hydrogen-bond acceptors (Lipinski definition) is 5. The first kappa shape index (κ1) is 22.0. The molecule has 1 atom stereocenters. The number of benzene rings is 3. The Morgan fingerprint density at radius 1 is 0.912 bits per heavy atom. The molecule has 6 heteroatoms. The predicted octanol–water partition coefficient (Wildman–Crippen LogP) is 5.01. The van der Waals surface area contributed by atoms with Crippen LogP contribution in [0.2, 0.25) is 0 Å². The van der Waals surface area contributed by atoms with E-state index in [-0.39, 0.29) is 11.9 Å². The van der Waals surface area contributed by atoms with Gasteiger partial charge in [-0.25, -0.2) is 4.99 Å². The van der Waals surface area contributed by atoms with Gasteiger partial charge in [-0.3, -0.25) is 4.79 Å². The third-order valence-electron chi connectivity index (χ3n) is 6.56. The Bertz CT molecular complexity index is 1150. The van der Waals surface area contributed by atoms with Crippen molar-refractivity contribution in [2.24, 2.45) is 4.99 Å². The van der Waals surface area contributed by atoms with Crippen molar-refractivity contribution in [3.05, 3.63) is 90.0 Å². The number of nitrogens with one attached hydrogen (secondary N) is 1. The number of para-hydroxylation sites is 2. The minimum Gasteiger partial charge on any atom is -0.399 e. The summed E-state index contributed by atoms with van der Waals surface area (Å²) in [5.41, 5.74) is 10.6. The maximum absolute atomic E-state index is 13.2. The van der Waals surface area contributed by atoms with Crippen LogP contribution in [0.15, 0.2) is 83.9 Å². The van der Waals surface area contributed by atoms with Crippen molar-refractivity contribution in [2.45, 2.75) is 38.3 Å². The summed E-state index contributed by atoms with van der Waals surface area (Å²) in [5.74, 6) is 0.957. The fraction of sp³-hybridized carbons (Fsp3) is 0.286. The molecule has 1 saturated heterocycles. The molecule has 0 saturated carbocycles. The Morgan fingerprint density at radius 3 is 2.38 bits per heavy atom. The number of carbonyl (C=O) groups excluding carboxylic acids is 1. The SMILES string of the molecule is Nc1ccc(CNC(=O)CC2c3ccccc3N=C(N3CCCCC3)N2c2ccccc2)cc1. The van der Waals surface area contributed by atoms with Crippen molar-refractivity contribution in [1.29, 1.82) is 0 Å². The van der Waals surface area contributed by atoms with E-state index in [1.54, 1.807) is 0 Å². The van der Waals surface area contributed by atoms with Gasteiger partial charge in [0.2, 0.25) is 11.9 Å². The van der Waals surface area contributed by atoms with E-state index in [0.717, 1.165) is 60.1 Å². The average Bonchev–Trinajstić information content (AvgIpc) is 2.89. The molecule has 34 heavy (non-hydrogen) atoms. The van der Waals surface area contributed by atoms with Gasteiger partial charge in [0.25, 0.3) is 0 Å². The second kappa shape index (κ2) is 10.00. The van der Waals surface area contributed by atoms with E-state index in [2.05, 4.69) is 39.4 Å². The number of nitrogens with two attached hydrogens (primary N) is 1. The highest BCUT2D eigenvalue weighted by molar-refractivity contribution is 6.01. The van der Waals surface area contributed by atoms with Crippen LogP contribution in [0, 0.1) is 0 Å². The second-order valence-electron chi connectivity index (χ2n) is 8.96. The predicted molar refractivity (Wildman–Crippen MR) is 138 cm³/mol. The number of rotatable bonds is 5. The maximum atomic E-state index is 13.2. The normalized spacial score (nSPS) is 17.6. The summed E-state index contributed by atoms with van der Waals surface area (Å²) < 4.78 is 0. The molecule has 3 aromatic rings. The molecule has 0 aromatic heterocycles. The van der Waals surface area contributed by atoms with Crippen molar-refractivity contribution in [1.82, 2.24) is 10.2 Å². The molecule has 0 spiro atoms. The van der Waals surface area contributed by atoms with E-state index in [4.69, 9.17) is 10.7 Å². The lowest BCUT2D eigenvalue weighted by Gasteiger charge is -2.43. The topological polar surface area (TPSA) is 74.0 Å². The van der Waals surface area contributed by atoms with Gasteiger partial charge in [0.15, 0.2) is 0 Å². The van der Waals surface area contributed by atoms with E-state index in [9.17, 15) is 4.79 Å². The fourth-order valence-electron chi connectivity index (χ4n) is 4.80. The number of likely N-dealkylation sites (tertiary alicyclic amines) is 1. The van der Waals surface area contributed by atoms with E-state index < -0.39 is 0 Å². The summed E-state index contributed by atoms with van der Waals surface area (Å²) in [5, 5.41) is 3.10. The first-order chi connectivity index (χ1) is 16.7. The van der Waals surface area contributed by atoms with Crippen molar-refractivity contribution >= 4 is 28.9 Å². The molecule has 3 aromatic carbocycles. The number of hydrogen-bond donors (Lipinski definition) is 2. The number of nitrogens with zero attached hydrogens (tertiary/aromatic N) is 3. The number of aliphatic imine (C=N–C) groups is 1. The van der Waals surface area contributed by atoms with Crippen molar-refractivity contribution in [3.8, 4) is 0 Å². The highest BCUT2D eigenvalue weighted by atomic mass is 16.1. The van der Waals surface area contributed by atoms with Gasteiger partial charge in [-0.15, -0.1) is 0 Å². The molecular formula is C28H31N5O. The zero-order valence-electron chi connectivity index (χ0n) is 19.4. The molecule has 1 unspecified atom stereocenters. The Kier molecular flexibility index (Phi) is 6.47. The summed E-state index contributed by atoms with van der Waals surface area (Å²) in [6.45, 7) is 2.45. The van der Waals surface area contributed by atoms with Crippen LogP contribution in [-0.4, -0.2) is 29.9 Å². The maximum Gasteiger partial charge on any atom is 0.222 e. The Morgan fingerprint density at radius 2 is 1.62 bits per heavy atom. The first-order valence-electron chi connectivity index (χ1n) is 12.1. The standard InChI is InChI=1S/C28H31N5O/c29-22-15-13-21(14-16-22)20-30-27(34)19-26-24-11-5-6-12-25(24)31-28(32-17-7-2-8-18-32)33(26)23-9-3-1-4-10-23/h1,3-6,9-16,26H,2,7-8,17-20,29H2,(H,30,34). The lowest BCUT2D eigenvalue weighted by molar-refractivity contribution is -0.121. The van der Waals surface area contributed by atoms with Crippen LogP contribution in [0.3, 0.4) is 0 Å². The number of carbonyl (C=O) groups is 1. The molecule has 1 fully saturated rings. The first-order valence-corrected chi connectivity index (χ1v) is 12.1. The van der Waals surface area contributed by atoms with Crippen LogP contribution in [0.4, 0.5) is 17.1 Å². The highest BCUT2D eigenvalue weighted by Crippen LogP contribution is 2.40. The molecule has 0 bridgehead atoms. The Balaban J connectivity index is 1.45. The van der Waals surface area contributed by atoms with E-state index in [0.29, 0.717) is 13.0 Å². The fourth-order valence-corrected chi connectivity index (χ4v) is 4.80. The largest absolute Gasteiger partial charge is 0.399 e. The molecular weight excluding hydrogens is 422 g/mol. The van der Waals surface area contributed by atoms with E-state index >= 15 is 0 Å². The Labute approximate surface area is 201 Å². The molecule has 2 aliphatic heterocycles. The van der Waals surface area contributed by atoms with Gasteiger partial charge in [-0.1, -0.05) is 48.5 Å². The molecule has 2 aliphatic rings. The smallest absolute Gasteiger partial charge is 0.222 e. The minimum atomic E-state index is -0.139. The van der Waals surface area contributed by atoms with Gasteiger partial charge in [-0.05, 0) is 55.2 Å². The van der Waals surface area contributed by atoms with Gasteiger partial charge < -0.3 is 20.9 Å². The number of piperidine rings is 1. The second-order valence-corrected chi connectivity index (χ2v) is 8.96. The summed E-state index contributed by atoms with van der Waals surface area (Å²) >= 11 is 0. The zero-order chi connectivity index (χ0) is 23.3. The van der Waals surface area contributed by atoms with Crippen LogP contribution >= 0.6 is 0 Å². The van der Waals surface area contributed by atoms with E-state index in [1.807, 2.05) is 54.6 Å². The Hall–Kier alpha value is -3.80. The van der Waals surface area contributed by atoms with Gasteiger partial charge in [0.1, 0.15) is 0 Å². The third kappa shape index (κ3) is 4.76. The average molecular weight is 454 g/mol. The van der Waals surface area contributed by atoms with Crippen LogP contribution < -0.4 is 16.0 Å². The molecule has 174 valence electrons. The molecule has 3 N–H and O–H groups in total. The number of nitrogen functional groups attached to an aromatic ring is 1. The van der Waals surface area contributed by atoms with Crippen LogP contribution in [-0.2, 0) is 11.3 Å². The van der Waals surface area contributed by atoms with E-state index in [1.165, 1.54) is 6.42 Å². The van der Waals surface area contributed by atoms with Crippen molar-refractivity contribution in [2.75, 3.05) is 23.7 Å². The molecule has 6 nitrogen and oxygen atoms in total. The summed E-state index contributed by atoms with van der Waals surface area (Å²) in [6.07, 6.45) is 3.92. The number of fused-ring (bicyclic) bond motifs is 1. The van der Waals surface area contributed by atoms with Crippen LogP contribution in [0.1, 0.15) is 42.9 Å². The molecule has 0 aliphatic carbocycles. The van der Waals surface area contributed by atoms with Gasteiger partial charge in [0.05, 0.1) is 18.2 Å².